The van der Waals surface area contributed by atoms with Crippen LogP contribution >= 0.6 is 23.5 Å². The molecule has 30 heavy (non-hydrogen) atoms. The third-order valence-electron chi connectivity index (χ3n) is 4.58. The Morgan fingerprint density at radius 3 is 2.60 bits per heavy atom. The molecule has 0 aliphatic carbocycles. The van der Waals surface area contributed by atoms with Crippen molar-refractivity contribution in [3.05, 3.63) is 47.0 Å². The molecule has 1 aliphatic heterocycles. The number of aromatic nitrogens is 3. The number of nitrogens with one attached hydrogen (secondary N) is 2. The van der Waals surface area contributed by atoms with Crippen LogP contribution in [0.2, 0.25) is 5.02 Å². The van der Waals surface area contributed by atoms with Gasteiger partial charge in [-0.1, -0.05) is 23.7 Å². The molecule has 158 valence electrons. The van der Waals surface area contributed by atoms with Crippen LogP contribution in [-0.4, -0.2) is 32.6 Å². The first-order chi connectivity index (χ1) is 14.3. The monoisotopic (exact) mass is 454 g/mol. The number of halogens is 4. The highest BCUT2D eigenvalue weighted by atomic mass is 35.5. The van der Waals surface area contributed by atoms with Gasteiger partial charge in [-0.05, 0) is 54.6 Å². The van der Waals surface area contributed by atoms with E-state index in [4.69, 9.17) is 17.3 Å². The molecule has 6 nitrogen and oxygen atoms in total. The maximum atomic E-state index is 13.9. The fourth-order valence-corrected chi connectivity index (χ4v) is 4.68. The number of H-pyrrole nitrogens is 1. The van der Waals surface area contributed by atoms with Gasteiger partial charge in [0.2, 0.25) is 11.9 Å². The Labute approximate surface area is 180 Å². The molecule has 0 radical (unpaired) electrons. The zero-order valence-corrected chi connectivity index (χ0v) is 17.2. The molecule has 1 aromatic heterocycles. The Morgan fingerprint density at radius 1 is 1.17 bits per heavy atom. The van der Waals surface area contributed by atoms with Crippen molar-refractivity contribution in [2.45, 2.75) is 23.9 Å². The standard InChI is InChI=1S/C19H18ClF3N6S/c20-15-10-12(25-18-26-17(24)27-28-18)9-14(19(21,22)23)16(15)11-4-3-5-13(8-11)30-29-6-1-2-7-29/h3-5,8-10H,1-2,6-7H2,(H4,24,25,26,27,28). The molecule has 0 unspecified atom stereocenters. The second kappa shape index (κ2) is 8.37. The zero-order valence-electron chi connectivity index (χ0n) is 15.6. The Bertz CT molecular complexity index is 1050. The smallest absolute Gasteiger partial charge is 0.368 e. The van der Waals surface area contributed by atoms with Gasteiger partial charge in [0.1, 0.15) is 0 Å². The Kier molecular flexibility index (Phi) is 5.81. The molecular weight excluding hydrogens is 437 g/mol. The van der Waals surface area contributed by atoms with Crippen molar-refractivity contribution in [3.8, 4) is 11.1 Å². The largest absolute Gasteiger partial charge is 0.417 e. The fraction of sp³-hybridized carbons (Fsp3) is 0.263. The zero-order chi connectivity index (χ0) is 21.3. The van der Waals surface area contributed by atoms with Crippen LogP contribution in [0.4, 0.5) is 30.8 Å². The van der Waals surface area contributed by atoms with Gasteiger partial charge in [0.15, 0.2) is 0 Å². The highest BCUT2D eigenvalue weighted by molar-refractivity contribution is 7.97. The first-order valence-electron chi connectivity index (χ1n) is 9.18. The highest BCUT2D eigenvalue weighted by Crippen LogP contribution is 2.44. The lowest BCUT2D eigenvalue weighted by atomic mass is 9.98. The lowest BCUT2D eigenvalue weighted by Crippen LogP contribution is -2.09. The average Bonchev–Trinajstić information content (AvgIpc) is 3.32. The summed E-state index contributed by atoms with van der Waals surface area (Å²) >= 11 is 7.89. The normalized spacial score (nSPS) is 14.9. The van der Waals surface area contributed by atoms with Gasteiger partial charge >= 0.3 is 6.18 Å². The van der Waals surface area contributed by atoms with Crippen molar-refractivity contribution in [3.63, 3.8) is 0 Å². The maximum Gasteiger partial charge on any atom is 0.417 e. The van der Waals surface area contributed by atoms with E-state index in [-0.39, 0.29) is 28.2 Å². The van der Waals surface area contributed by atoms with Crippen LogP contribution in [-0.2, 0) is 6.18 Å². The summed E-state index contributed by atoms with van der Waals surface area (Å²) in [5.41, 5.74) is 5.06. The summed E-state index contributed by atoms with van der Waals surface area (Å²) in [6.07, 6.45) is -2.35. The minimum absolute atomic E-state index is 0.0286. The minimum atomic E-state index is -4.60. The van der Waals surface area contributed by atoms with Crippen molar-refractivity contribution in [2.75, 3.05) is 24.1 Å². The summed E-state index contributed by atoms with van der Waals surface area (Å²) < 4.78 is 43.9. The highest BCUT2D eigenvalue weighted by Gasteiger charge is 2.35. The summed E-state index contributed by atoms with van der Waals surface area (Å²) in [6.45, 7) is 1.94. The SMILES string of the molecule is Nc1nc(Nc2cc(Cl)c(-c3cccc(SN4CCCC4)c3)c(C(F)(F)F)c2)n[nH]1. The van der Waals surface area contributed by atoms with Crippen LogP contribution < -0.4 is 11.1 Å². The lowest BCUT2D eigenvalue weighted by molar-refractivity contribution is -0.137. The molecule has 2 aromatic carbocycles. The van der Waals surface area contributed by atoms with E-state index in [9.17, 15) is 13.2 Å². The third-order valence-corrected chi connectivity index (χ3v) is 5.96. The van der Waals surface area contributed by atoms with Gasteiger partial charge in [0, 0.05) is 29.2 Å². The van der Waals surface area contributed by atoms with Crippen molar-refractivity contribution in [2.24, 2.45) is 0 Å². The van der Waals surface area contributed by atoms with Crippen molar-refractivity contribution >= 4 is 41.1 Å². The molecule has 3 aromatic rings. The number of hydrogen-bond acceptors (Lipinski definition) is 6. The van der Waals surface area contributed by atoms with Crippen molar-refractivity contribution < 1.29 is 13.2 Å². The van der Waals surface area contributed by atoms with E-state index < -0.39 is 11.7 Å². The predicted molar refractivity (Wildman–Crippen MR) is 113 cm³/mol. The van der Waals surface area contributed by atoms with E-state index in [0.717, 1.165) is 36.9 Å². The molecule has 0 saturated carbocycles. The van der Waals surface area contributed by atoms with Gasteiger partial charge in [-0.25, -0.2) is 9.40 Å². The number of benzene rings is 2. The van der Waals surface area contributed by atoms with Gasteiger partial charge < -0.3 is 11.1 Å². The van der Waals surface area contributed by atoms with Crippen molar-refractivity contribution in [1.29, 1.82) is 0 Å². The van der Waals surface area contributed by atoms with E-state index in [1.807, 2.05) is 6.07 Å². The van der Waals surface area contributed by atoms with Crippen LogP contribution in [0.15, 0.2) is 41.3 Å². The second-order valence-corrected chi connectivity index (χ2v) is 8.38. The van der Waals surface area contributed by atoms with Gasteiger partial charge in [0.25, 0.3) is 0 Å². The number of anilines is 3. The van der Waals surface area contributed by atoms with Crippen LogP contribution in [0, 0.1) is 0 Å². The van der Waals surface area contributed by atoms with E-state index in [1.54, 1.807) is 30.1 Å². The van der Waals surface area contributed by atoms with Crippen LogP contribution in [0.25, 0.3) is 11.1 Å². The number of hydrogen-bond donors (Lipinski definition) is 3. The molecule has 1 saturated heterocycles. The Morgan fingerprint density at radius 2 is 1.93 bits per heavy atom. The van der Waals surface area contributed by atoms with E-state index in [2.05, 4.69) is 24.8 Å². The van der Waals surface area contributed by atoms with Crippen LogP contribution in [0.5, 0.6) is 0 Å². The van der Waals surface area contributed by atoms with Crippen LogP contribution in [0.1, 0.15) is 18.4 Å². The molecular formula is C19H18ClF3N6S. The predicted octanol–water partition coefficient (Wildman–Crippen LogP) is 5.57. The topological polar surface area (TPSA) is 82.9 Å². The lowest BCUT2D eigenvalue weighted by Gasteiger charge is -2.18. The minimum Gasteiger partial charge on any atom is -0.368 e. The Balaban J connectivity index is 1.71. The summed E-state index contributed by atoms with van der Waals surface area (Å²) in [5, 5.41) is 8.84. The fourth-order valence-electron chi connectivity index (χ4n) is 3.29. The summed E-state index contributed by atoms with van der Waals surface area (Å²) in [5.74, 6) is 0.0945. The molecule has 4 N–H and O–H groups in total. The molecule has 11 heteroatoms. The van der Waals surface area contributed by atoms with Gasteiger partial charge in [0.05, 0.1) is 10.6 Å². The van der Waals surface area contributed by atoms with E-state index >= 15 is 0 Å². The van der Waals surface area contributed by atoms with E-state index in [0.29, 0.717) is 5.56 Å². The van der Waals surface area contributed by atoms with Crippen molar-refractivity contribution in [1.82, 2.24) is 19.5 Å². The number of alkyl halides is 3. The number of nitrogens with zero attached hydrogens (tertiary/aromatic N) is 3. The van der Waals surface area contributed by atoms with Gasteiger partial charge in [-0.15, -0.1) is 5.10 Å². The molecule has 0 bridgehead atoms. The molecule has 0 atom stereocenters. The second-order valence-electron chi connectivity index (χ2n) is 6.80. The van der Waals surface area contributed by atoms with Gasteiger partial charge in [-0.3, -0.25) is 0 Å². The average molecular weight is 455 g/mol. The number of nitrogen functional groups attached to an aromatic ring is 1. The third kappa shape index (κ3) is 4.66. The summed E-state index contributed by atoms with van der Waals surface area (Å²) in [6, 6.07) is 9.41. The number of aromatic amines is 1. The first-order valence-corrected chi connectivity index (χ1v) is 10.3. The maximum absolute atomic E-state index is 13.9. The number of rotatable bonds is 5. The molecule has 1 fully saturated rings. The molecule has 1 aliphatic rings. The van der Waals surface area contributed by atoms with Gasteiger partial charge in [-0.2, -0.15) is 18.2 Å². The molecule has 4 rings (SSSR count). The Hall–Kier alpha value is -2.43. The molecule has 0 spiro atoms. The quantitative estimate of drug-likeness (QED) is 0.437. The number of nitrogens with two attached hydrogens (primary N) is 1. The summed E-state index contributed by atoms with van der Waals surface area (Å²) in [7, 11) is 0. The first kappa shape index (κ1) is 20.8. The van der Waals surface area contributed by atoms with Crippen LogP contribution in [0.3, 0.4) is 0 Å². The molecule has 2 heterocycles. The van der Waals surface area contributed by atoms with E-state index in [1.165, 1.54) is 6.07 Å². The summed E-state index contributed by atoms with van der Waals surface area (Å²) in [4.78, 5) is 4.71. The molecule has 0 amide bonds.